The van der Waals surface area contributed by atoms with E-state index < -0.39 is 0 Å². The first-order valence-electron chi connectivity index (χ1n) is 11.4. The van der Waals surface area contributed by atoms with Gasteiger partial charge in [0.2, 0.25) is 0 Å². The molecule has 2 N–H and O–H groups in total. The number of likely N-dealkylation sites (tertiary alicyclic amines) is 1. The molecule has 0 amide bonds. The van der Waals surface area contributed by atoms with E-state index in [0.717, 1.165) is 32.0 Å². The van der Waals surface area contributed by atoms with Gasteiger partial charge in [-0.25, -0.2) is 9.82 Å². The zero-order chi connectivity index (χ0) is 20.8. The van der Waals surface area contributed by atoms with Gasteiger partial charge in [-0.05, 0) is 68.6 Å². The summed E-state index contributed by atoms with van der Waals surface area (Å²) < 4.78 is 13.0. The molecular formula is C25H35FN4. The molecule has 162 valence electrons. The molecule has 2 atom stereocenters. The van der Waals surface area contributed by atoms with E-state index in [1.54, 1.807) is 12.1 Å². The summed E-state index contributed by atoms with van der Waals surface area (Å²) in [5.41, 5.74) is 9.42. The number of benzene rings is 2. The molecule has 5 heteroatoms. The predicted molar refractivity (Wildman–Crippen MR) is 121 cm³/mol. The minimum absolute atomic E-state index is 0.150. The topological polar surface area (TPSA) is 30.5 Å². The van der Waals surface area contributed by atoms with Crippen LogP contribution in [0.2, 0.25) is 0 Å². The van der Waals surface area contributed by atoms with Gasteiger partial charge in [0.1, 0.15) is 5.82 Å². The number of piperidine rings is 1. The molecule has 2 aliphatic heterocycles. The second kappa shape index (κ2) is 10.5. The van der Waals surface area contributed by atoms with Crippen LogP contribution in [-0.4, -0.2) is 56.1 Å². The minimum Gasteiger partial charge on any atom is -0.306 e. The summed E-state index contributed by atoms with van der Waals surface area (Å²) >= 11 is 0. The number of rotatable bonds is 8. The molecule has 2 aromatic rings. The van der Waals surface area contributed by atoms with Crippen molar-refractivity contribution in [2.75, 3.05) is 46.3 Å². The fourth-order valence-corrected chi connectivity index (χ4v) is 4.97. The first-order chi connectivity index (χ1) is 14.7. The maximum absolute atomic E-state index is 13.0. The summed E-state index contributed by atoms with van der Waals surface area (Å²) in [6.07, 6.45) is 3.56. The Labute approximate surface area is 180 Å². The van der Waals surface area contributed by atoms with Crippen LogP contribution in [0.15, 0.2) is 54.6 Å². The fourth-order valence-electron chi connectivity index (χ4n) is 4.97. The number of nitrogens with one attached hydrogen (secondary N) is 2. The van der Waals surface area contributed by atoms with E-state index >= 15 is 0 Å². The molecule has 2 heterocycles. The molecule has 2 unspecified atom stereocenters. The Morgan fingerprint density at radius 2 is 1.73 bits per heavy atom. The van der Waals surface area contributed by atoms with Crippen LogP contribution < -0.4 is 10.9 Å². The number of nitrogens with zero attached hydrogens (tertiary/aromatic N) is 2. The zero-order valence-electron chi connectivity index (χ0n) is 18.1. The van der Waals surface area contributed by atoms with Crippen LogP contribution in [0.5, 0.6) is 0 Å². The van der Waals surface area contributed by atoms with Crippen LogP contribution >= 0.6 is 0 Å². The molecule has 0 radical (unpaired) electrons. The summed E-state index contributed by atoms with van der Waals surface area (Å²) in [7, 11) is 2.28. The minimum atomic E-state index is -0.150. The Morgan fingerprint density at radius 1 is 1.00 bits per heavy atom. The van der Waals surface area contributed by atoms with Crippen LogP contribution in [0.4, 0.5) is 4.39 Å². The van der Waals surface area contributed by atoms with Crippen LogP contribution in [0, 0.1) is 17.7 Å². The lowest BCUT2D eigenvalue weighted by Crippen LogP contribution is -2.40. The summed E-state index contributed by atoms with van der Waals surface area (Å²) in [4.78, 5) is 5.10. The monoisotopic (exact) mass is 410 g/mol. The van der Waals surface area contributed by atoms with Gasteiger partial charge < -0.3 is 9.80 Å². The average Bonchev–Trinajstić information content (AvgIpc) is 3.23. The van der Waals surface area contributed by atoms with Crippen molar-refractivity contribution in [2.45, 2.75) is 25.3 Å². The number of hydrazine groups is 1. The Morgan fingerprint density at radius 3 is 2.47 bits per heavy atom. The molecule has 4 rings (SSSR count). The quantitative estimate of drug-likeness (QED) is 0.698. The summed E-state index contributed by atoms with van der Waals surface area (Å²) in [6, 6.07) is 18.1. The molecule has 0 spiro atoms. The first-order valence-corrected chi connectivity index (χ1v) is 11.4. The Kier molecular flexibility index (Phi) is 7.50. The second-order valence-corrected chi connectivity index (χ2v) is 9.06. The molecule has 2 saturated heterocycles. The molecule has 0 aromatic heterocycles. The second-order valence-electron chi connectivity index (χ2n) is 9.06. The largest absolute Gasteiger partial charge is 0.306 e. The van der Waals surface area contributed by atoms with Crippen LogP contribution in [0.25, 0.3) is 0 Å². The standard InChI is InChI=1S/C25H35FN4/c1-29(19-23-17-27-28-25(23)22-5-3-2-4-6-22)18-21-12-15-30(16-13-21)14-11-20-7-9-24(26)10-8-20/h2-10,21,23,25,27-28H,11-19H2,1H3. The van der Waals surface area contributed by atoms with E-state index in [2.05, 4.69) is 58.0 Å². The van der Waals surface area contributed by atoms with Gasteiger partial charge in [0.25, 0.3) is 0 Å². The lowest BCUT2D eigenvalue weighted by atomic mass is 9.93. The SMILES string of the molecule is CN(CC1CCN(CCc2ccc(F)cc2)CC1)CC1CNNC1c1ccccc1. The Hall–Kier alpha value is -1.79. The van der Waals surface area contributed by atoms with Gasteiger partial charge in [-0.1, -0.05) is 42.5 Å². The summed E-state index contributed by atoms with van der Waals surface area (Å²) in [5.74, 6) is 1.23. The third-order valence-electron chi connectivity index (χ3n) is 6.71. The normalized spacial score (nSPS) is 23.3. The van der Waals surface area contributed by atoms with Crippen molar-refractivity contribution in [3.05, 3.63) is 71.5 Å². The van der Waals surface area contributed by atoms with Crippen molar-refractivity contribution in [3.8, 4) is 0 Å². The van der Waals surface area contributed by atoms with Crippen molar-refractivity contribution in [2.24, 2.45) is 11.8 Å². The molecular weight excluding hydrogens is 375 g/mol. The van der Waals surface area contributed by atoms with E-state index in [1.807, 2.05) is 12.1 Å². The summed E-state index contributed by atoms with van der Waals surface area (Å²) in [6.45, 7) is 6.75. The molecule has 2 aliphatic rings. The lowest BCUT2D eigenvalue weighted by molar-refractivity contribution is 0.147. The number of hydrogen-bond acceptors (Lipinski definition) is 4. The fraction of sp³-hybridized carbons (Fsp3) is 0.520. The smallest absolute Gasteiger partial charge is 0.123 e. The maximum Gasteiger partial charge on any atom is 0.123 e. The van der Waals surface area contributed by atoms with Gasteiger partial charge in [0, 0.05) is 32.1 Å². The van der Waals surface area contributed by atoms with E-state index in [-0.39, 0.29) is 5.82 Å². The summed E-state index contributed by atoms with van der Waals surface area (Å²) in [5, 5.41) is 0. The highest BCUT2D eigenvalue weighted by Crippen LogP contribution is 2.26. The molecule has 2 aromatic carbocycles. The molecule has 0 aliphatic carbocycles. The third-order valence-corrected chi connectivity index (χ3v) is 6.71. The highest BCUT2D eigenvalue weighted by molar-refractivity contribution is 5.20. The van der Waals surface area contributed by atoms with Gasteiger partial charge in [-0.3, -0.25) is 5.43 Å². The first kappa shape index (κ1) is 21.4. The van der Waals surface area contributed by atoms with Gasteiger partial charge in [-0.2, -0.15) is 0 Å². The van der Waals surface area contributed by atoms with Crippen LogP contribution in [-0.2, 0) is 6.42 Å². The van der Waals surface area contributed by atoms with E-state index in [1.165, 1.54) is 43.6 Å². The van der Waals surface area contributed by atoms with E-state index in [9.17, 15) is 4.39 Å². The Bertz CT molecular complexity index is 758. The molecule has 30 heavy (non-hydrogen) atoms. The highest BCUT2D eigenvalue weighted by atomic mass is 19.1. The maximum atomic E-state index is 13.0. The molecule has 0 saturated carbocycles. The van der Waals surface area contributed by atoms with Crippen molar-refractivity contribution in [1.29, 1.82) is 0 Å². The van der Waals surface area contributed by atoms with E-state index in [0.29, 0.717) is 12.0 Å². The van der Waals surface area contributed by atoms with Crippen molar-refractivity contribution in [3.63, 3.8) is 0 Å². The predicted octanol–water partition coefficient (Wildman–Crippen LogP) is 3.48. The average molecular weight is 411 g/mol. The highest BCUT2D eigenvalue weighted by Gasteiger charge is 2.29. The zero-order valence-corrected chi connectivity index (χ0v) is 18.1. The number of halogens is 1. The van der Waals surface area contributed by atoms with Crippen LogP contribution in [0.1, 0.15) is 30.0 Å². The number of hydrogen-bond donors (Lipinski definition) is 2. The van der Waals surface area contributed by atoms with Gasteiger partial charge in [0.15, 0.2) is 0 Å². The van der Waals surface area contributed by atoms with Crippen LogP contribution in [0.3, 0.4) is 0 Å². The van der Waals surface area contributed by atoms with Crippen molar-refractivity contribution in [1.82, 2.24) is 20.7 Å². The molecule has 2 fully saturated rings. The lowest BCUT2D eigenvalue weighted by Gasteiger charge is -2.34. The van der Waals surface area contributed by atoms with Crippen molar-refractivity contribution >= 4 is 0 Å². The van der Waals surface area contributed by atoms with Gasteiger partial charge >= 0.3 is 0 Å². The Balaban J connectivity index is 1.18. The van der Waals surface area contributed by atoms with Gasteiger partial charge in [0.05, 0.1) is 6.04 Å². The van der Waals surface area contributed by atoms with E-state index in [4.69, 9.17) is 0 Å². The van der Waals surface area contributed by atoms with Crippen molar-refractivity contribution < 1.29 is 4.39 Å². The third kappa shape index (κ3) is 5.88. The molecule has 4 nitrogen and oxygen atoms in total. The van der Waals surface area contributed by atoms with Gasteiger partial charge in [-0.15, -0.1) is 0 Å². The molecule has 0 bridgehead atoms.